The fraction of sp³-hybridized carbons (Fsp3) is 0.522. The summed E-state index contributed by atoms with van der Waals surface area (Å²) in [7, 11) is 0. The Balaban J connectivity index is 1.45. The van der Waals surface area contributed by atoms with Crippen LogP contribution in [0.5, 0.6) is 5.75 Å². The zero-order valence-corrected chi connectivity index (χ0v) is 18.1. The molecule has 3 rings (SSSR count). The van der Waals surface area contributed by atoms with Crippen LogP contribution in [0.1, 0.15) is 55.7 Å². The van der Waals surface area contributed by atoms with E-state index in [-0.39, 0.29) is 31.0 Å². The van der Waals surface area contributed by atoms with Gasteiger partial charge in [-0.05, 0) is 64.7 Å². The molecule has 1 fully saturated rings. The van der Waals surface area contributed by atoms with Crippen molar-refractivity contribution in [3.63, 3.8) is 0 Å². The molecule has 2 aromatic rings. The summed E-state index contributed by atoms with van der Waals surface area (Å²) in [4.78, 5) is 26.5. The second kappa shape index (κ2) is 9.78. The largest absolute Gasteiger partial charge is 0.489 e. The van der Waals surface area contributed by atoms with Crippen LogP contribution in [0.15, 0.2) is 28.8 Å². The zero-order chi connectivity index (χ0) is 21.7. The van der Waals surface area contributed by atoms with E-state index in [1.807, 2.05) is 56.9 Å². The highest BCUT2D eigenvalue weighted by atomic mass is 16.5. The first kappa shape index (κ1) is 21.9. The Morgan fingerprint density at radius 2 is 1.80 bits per heavy atom. The standard InChI is InChI=1S/C23H30N2O5/c1-15-6-5-7-16(2)25(15)22(26)14-29-23(27)12-19-8-10-20(11-9-19)28-13-21-17(3)24-30-18(21)4/h8-11,15-16H,5-7,12-14H2,1-4H3/t15-,16-/m0/s1. The van der Waals surface area contributed by atoms with Gasteiger partial charge in [0, 0.05) is 12.1 Å². The maximum absolute atomic E-state index is 12.5. The van der Waals surface area contributed by atoms with Crippen LogP contribution in [0, 0.1) is 13.8 Å². The van der Waals surface area contributed by atoms with Gasteiger partial charge in [0.05, 0.1) is 17.7 Å². The summed E-state index contributed by atoms with van der Waals surface area (Å²) < 4.78 is 16.1. The number of esters is 1. The monoisotopic (exact) mass is 414 g/mol. The van der Waals surface area contributed by atoms with E-state index in [2.05, 4.69) is 5.16 Å². The van der Waals surface area contributed by atoms with Gasteiger partial charge >= 0.3 is 5.97 Å². The van der Waals surface area contributed by atoms with Crippen LogP contribution in [-0.2, 0) is 27.4 Å². The van der Waals surface area contributed by atoms with Gasteiger partial charge < -0.3 is 18.9 Å². The molecule has 7 nitrogen and oxygen atoms in total. The van der Waals surface area contributed by atoms with Gasteiger partial charge in [0.25, 0.3) is 5.91 Å². The molecule has 0 N–H and O–H groups in total. The minimum absolute atomic E-state index is 0.114. The smallest absolute Gasteiger partial charge is 0.310 e. The first-order chi connectivity index (χ1) is 14.3. The minimum atomic E-state index is -0.412. The molecule has 162 valence electrons. The van der Waals surface area contributed by atoms with Crippen molar-refractivity contribution in [2.24, 2.45) is 0 Å². The lowest BCUT2D eigenvalue weighted by Gasteiger charge is -2.38. The van der Waals surface area contributed by atoms with Crippen LogP contribution in [-0.4, -0.2) is 40.6 Å². The third-order valence-electron chi connectivity index (χ3n) is 5.67. The Labute approximate surface area is 177 Å². The van der Waals surface area contributed by atoms with E-state index < -0.39 is 5.97 Å². The third kappa shape index (κ3) is 5.40. The number of hydrogen-bond acceptors (Lipinski definition) is 6. The first-order valence-electron chi connectivity index (χ1n) is 10.5. The van der Waals surface area contributed by atoms with E-state index in [1.54, 1.807) is 0 Å². The summed E-state index contributed by atoms with van der Waals surface area (Å²) in [5, 5.41) is 3.91. The topological polar surface area (TPSA) is 81.9 Å². The Hall–Kier alpha value is -2.83. The Morgan fingerprint density at radius 1 is 1.13 bits per heavy atom. The van der Waals surface area contributed by atoms with Crippen molar-refractivity contribution in [1.82, 2.24) is 10.1 Å². The molecule has 0 bridgehead atoms. The Morgan fingerprint density at radius 3 is 2.40 bits per heavy atom. The van der Waals surface area contributed by atoms with Crippen molar-refractivity contribution in [3.05, 3.63) is 46.8 Å². The Kier molecular flexibility index (Phi) is 7.13. The van der Waals surface area contributed by atoms with Crippen molar-refractivity contribution in [2.75, 3.05) is 6.61 Å². The molecular weight excluding hydrogens is 384 g/mol. The average molecular weight is 415 g/mol. The molecule has 7 heteroatoms. The highest BCUT2D eigenvalue weighted by Crippen LogP contribution is 2.22. The van der Waals surface area contributed by atoms with E-state index in [0.717, 1.165) is 41.8 Å². The van der Waals surface area contributed by atoms with E-state index in [9.17, 15) is 9.59 Å². The van der Waals surface area contributed by atoms with Gasteiger partial charge in [0.1, 0.15) is 18.1 Å². The van der Waals surface area contributed by atoms with Gasteiger partial charge in [-0.1, -0.05) is 17.3 Å². The molecule has 1 aliphatic rings. The van der Waals surface area contributed by atoms with Gasteiger partial charge in [0.2, 0.25) is 0 Å². The summed E-state index contributed by atoms with van der Waals surface area (Å²) in [6.45, 7) is 7.99. The summed E-state index contributed by atoms with van der Waals surface area (Å²) in [5.74, 6) is 0.904. The van der Waals surface area contributed by atoms with Crippen molar-refractivity contribution >= 4 is 11.9 Å². The lowest BCUT2D eigenvalue weighted by Crippen LogP contribution is -2.49. The van der Waals surface area contributed by atoms with E-state index in [1.165, 1.54) is 0 Å². The van der Waals surface area contributed by atoms with Crippen molar-refractivity contribution in [3.8, 4) is 5.75 Å². The first-order valence-corrected chi connectivity index (χ1v) is 10.5. The van der Waals surface area contributed by atoms with Crippen molar-refractivity contribution in [1.29, 1.82) is 0 Å². The van der Waals surface area contributed by atoms with Crippen molar-refractivity contribution in [2.45, 2.75) is 72.1 Å². The lowest BCUT2D eigenvalue weighted by atomic mass is 9.97. The highest BCUT2D eigenvalue weighted by Gasteiger charge is 2.29. The number of aromatic nitrogens is 1. The molecule has 1 amide bonds. The molecule has 0 unspecified atom stereocenters. The fourth-order valence-electron chi connectivity index (χ4n) is 3.91. The maximum atomic E-state index is 12.5. The van der Waals surface area contributed by atoms with Crippen molar-refractivity contribution < 1.29 is 23.6 Å². The molecule has 0 aliphatic carbocycles. The number of amides is 1. The summed E-state index contributed by atoms with van der Waals surface area (Å²) in [6.07, 6.45) is 3.23. The predicted octanol–water partition coefficient (Wildman–Crippen LogP) is 3.75. The van der Waals surface area contributed by atoms with E-state index in [0.29, 0.717) is 12.4 Å². The third-order valence-corrected chi connectivity index (χ3v) is 5.67. The summed E-state index contributed by atoms with van der Waals surface area (Å²) in [6, 6.07) is 7.64. The molecule has 1 aromatic heterocycles. The second-order valence-corrected chi connectivity index (χ2v) is 8.00. The quantitative estimate of drug-likeness (QED) is 0.642. The number of likely N-dealkylation sites (tertiary alicyclic amines) is 1. The second-order valence-electron chi connectivity index (χ2n) is 8.00. The van der Waals surface area contributed by atoms with E-state index in [4.69, 9.17) is 14.0 Å². The van der Waals surface area contributed by atoms with E-state index >= 15 is 0 Å². The van der Waals surface area contributed by atoms with Crippen LogP contribution >= 0.6 is 0 Å². The number of piperidine rings is 1. The summed E-state index contributed by atoms with van der Waals surface area (Å²) >= 11 is 0. The molecule has 2 atom stereocenters. The number of benzene rings is 1. The van der Waals surface area contributed by atoms with Crippen LogP contribution in [0.3, 0.4) is 0 Å². The number of hydrogen-bond donors (Lipinski definition) is 0. The lowest BCUT2D eigenvalue weighted by molar-refractivity contribution is -0.154. The number of carbonyl (C=O) groups is 2. The van der Waals surface area contributed by atoms with Gasteiger partial charge in [-0.15, -0.1) is 0 Å². The molecule has 1 aromatic carbocycles. The molecule has 30 heavy (non-hydrogen) atoms. The predicted molar refractivity (Wildman–Crippen MR) is 111 cm³/mol. The molecule has 0 radical (unpaired) electrons. The van der Waals surface area contributed by atoms with Crippen LogP contribution in [0.4, 0.5) is 0 Å². The number of rotatable bonds is 7. The highest BCUT2D eigenvalue weighted by molar-refractivity contribution is 5.81. The maximum Gasteiger partial charge on any atom is 0.310 e. The van der Waals surface area contributed by atoms with Gasteiger partial charge in [-0.2, -0.15) is 0 Å². The van der Waals surface area contributed by atoms with Gasteiger partial charge in [-0.3, -0.25) is 9.59 Å². The van der Waals surface area contributed by atoms with Gasteiger partial charge in [-0.25, -0.2) is 0 Å². The van der Waals surface area contributed by atoms with Gasteiger partial charge in [0.15, 0.2) is 6.61 Å². The fourth-order valence-corrected chi connectivity index (χ4v) is 3.91. The van der Waals surface area contributed by atoms with Crippen LogP contribution < -0.4 is 4.74 Å². The number of aryl methyl sites for hydroxylation is 2. The molecular formula is C23H30N2O5. The number of carbonyl (C=O) groups excluding carboxylic acids is 2. The molecule has 0 saturated carbocycles. The zero-order valence-electron chi connectivity index (χ0n) is 18.1. The number of ether oxygens (including phenoxy) is 2. The molecule has 2 heterocycles. The summed E-state index contributed by atoms with van der Waals surface area (Å²) in [5.41, 5.74) is 2.55. The Bertz CT molecular complexity index is 845. The SMILES string of the molecule is Cc1noc(C)c1COc1ccc(CC(=O)OCC(=O)N2[C@@H](C)CCC[C@@H]2C)cc1. The average Bonchev–Trinajstić information content (AvgIpc) is 3.03. The molecule has 0 spiro atoms. The van der Waals surface area contributed by atoms with Crippen LogP contribution in [0.2, 0.25) is 0 Å². The minimum Gasteiger partial charge on any atom is -0.489 e. The van der Waals surface area contributed by atoms with Crippen LogP contribution in [0.25, 0.3) is 0 Å². The molecule has 1 aliphatic heterocycles. The number of nitrogens with zero attached hydrogens (tertiary/aromatic N) is 2. The molecule has 1 saturated heterocycles. The normalized spacial score (nSPS) is 18.9.